The number of pyridine rings is 1. The maximum atomic E-state index is 4.94. The minimum Gasteiger partial charge on any atom is -0.254 e. The molecular formula is C31H19N5S. The Hall–Kier alpha value is -4.81. The number of hydrogen-bond acceptors (Lipinski definition) is 6. The van der Waals surface area contributed by atoms with E-state index in [2.05, 4.69) is 35.3 Å². The van der Waals surface area contributed by atoms with Gasteiger partial charge in [-0.3, -0.25) is 4.98 Å². The lowest BCUT2D eigenvalue weighted by Gasteiger charge is -2.09. The second-order valence-electron chi connectivity index (χ2n) is 8.62. The average Bonchev–Trinajstić information content (AvgIpc) is 3.43. The maximum Gasteiger partial charge on any atom is 0.164 e. The monoisotopic (exact) mass is 493 g/mol. The first kappa shape index (κ1) is 21.5. The lowest BCUT2D eigenvalue weighted by atomic mass is 10.1. The van der Waals surface area contributed by atoms with E-state index in [1.807, 2.05) is 78.9 Å². The fraction of sp³-hybridized carbons (Fsp3) is 0. The zero-order chi connectivity index (χ0) is 24.6. The Bertz CT molecular complexity index is 1810. The predicted octanol–water partition coefficient (Wildman–Crippen LogP) is 7.70. The molecule has 0 fully saturated rings. The summed E-state index contributed by atoms with van der Waals surface area (Å²) in [5, 5.41) is 3.11. The van der Waals surface area contributed by atoms with Gasteiger partial charge >= 0.3 is 0 Å². The number of hydrogen-bond donors (Lipinski definition) is 0. The minimum absolute atomic E-state index is 0.641. The molecule has 5 nitrogen and oxygen atoms in total. The van der Waals surface area contributed by atoms with E-state index < -0.39 is 0 Å². The molecule has 0 saturated heterocycles. The first-order chi connectivity index (χ1) is 18.3. The van der Waals surface area contributed by atoms with Gasteiger partial charge in [0.1, 0.15) is 5.01 Å². The van der Waals surface area contributed by atoms with Crippen molar-refractivity contribution < 1.29 is 0 Å². The molecule has 7 aromatic rings. The SMILES string of the molecule is c1ccc(-c2nc(-c3ccccc3)nc(-c3ccc4c(ccc5sc(-c6ccccn6)nc54)c3)n2)cc1. The van der Waals surface area contributed by atoms with E-state index >= 15 is 0 Å². The minimum atomic E-state index is 0.641. The smallest absolute Gasteiger partial charge is 0.164 e. The summed E-state index contributed by atoms with van der Waals surface area (Å²) in [5.41, 5.74) is 4.72. The van der Waals surface area contributed by atoms with Crippen LogP contribution in [0, 0.1) is 0 Å². The number of aromatic nitrogens is 5. The normalized spacial score (nSPS) is 11.2. The summed E-state index contributed by atoms with van der Waals surface area (Å²) >= 11 is 1.66. The third kappa shape index (κ3) is 4.03. The highest BCUT2D eigenvalue weighted by molar-refractivity contribution is 7.21. The molecule has 0 aliphatic carbocycles. The second-order valence-corrected chi connectivity index (χ2v) is 9.65. The fourth-order valence-corrected chi connectivity index (χ4v) is 5.35. The van der Waals surface area contributed by atoms with Crippen molar-refractivity contribution in [2.24, 2.45) is 0 Å². The molecule has 4 aromatic carbocycles. The second kappa shape index (κ2) is 9.00. The molecule has 0 bridgehead atoms. The van der Waals surface area contributed by atoms with Crippen molar-refractivity contribution in [3.8, 4) is 44.9 Å². The number of nitrogens with zero attached hydrogens (tertiary/aromatic N) is 5. The molecule has 0 aliphatic heterocycles. The first-order valence-corrected chi connectivity index (χ1v) is 12.8. The summed E-state index contributed by atoms with van der Waals surface area (Å²) in [4.78, 5) is 23.9. The molecule has 0 atom stereocenters. The average molecular weight is 494 g/mol. The van der Waals surface area contributed by atoms with Crippen molar-refractivity contribution in [3.63, 3.8) is 0 Å². The lowest BCUT2D eigenvalue weighted by Crippen LogP contribution is -2.00. The van der Waals surface area contributed by atoms with Crippen molar-refractivity contribution in [1.82, 2.24) is 24.9 Å². The number of thiazole rings is 1. The van der Waals surface area contributed by atoms with Crippen LogP contribution < -0.4 is 0 Å². The molecule has 0 amide bonds. The maximum absolute atomic E-state index is 4.94. The van der Waals surface area contributed by atoms with Crippen LogP contribution in [0.4, 0.5) is 0 Å². The van der Waals surface area contributed by atoms with Gasteiger partial charge < -0.3 is 0 Å². The van der Waals surface area contributed by atoms with Gasteiger partial charge in [-0.2, -0.15) is 0 Å². The van der Waals surface area contributed by atoms with Crippen molar-refractivity contribution in [2.45, 2.75) is 0 Å². The third-order valence-electron chi connectivity index (χ3n) is 6.22. The Kier molecular flexibility index (Phi) is 5.22. The zero-order valence-electron chi connectivity index (χ0n) is 19.6. The van der Waals surface area contributed by atoms with E-state index in [4.69, 9.17) is 19.9 Å². The molecule has 0 unspecified atom stereocenters. The first-order valence-electron chi connectivity index (χ1n) is 11.9. The van der Waals surface area contributed by atoms with Crippen LogP contribution in [-0.4, -0.2) is 24.9 Å². The summed E-state index contributed by atoms with van der Waals surface area (Å²) in [6, 6.07) is 36.5. The number of fused-ring (bicyclic) bond motifs is 3. The van der Waals surface area contributed by atoms with Gasteiger partial charge in [0, 0.05) is 28.3 Å². The van der Waals surface area contributed by atoms with Crippen LogP contribution in [0.5, 0.6) is 0 Å². The van der Waals surface area contributed by atoms with Crippen LogP contribution in [0.3, 0.4) is 0 Å². The Morgan fingerprint density at radius 1 is 0.514 bits per heavy atom. The Labute approximate surface area is 217 Å². The highest BCUT2D eigenvalue weighted by Gasteiger charge is 2.14. The predicted molar refractivity (Wildman–Crippen MR) is 150 cm³/mol. The van der Waals surface area contributed by atoms with Gasteiger partial charge in [-0.05, 0) is 29.7 Å². The molecule has 0 radical (unpaired) electrons. The van der Waals surface area contributed by atoms with Crippen LogP contribution in [0.2, 0.25) is 0 Å². The summed E-state index contributed by atoms with van der Waals surface area (Å²) in [7, 11) is 0. The van der Waals surface area contributed by atoms with Crippen LogP contribution in [0.15, 0.2) is 115 Å². The zero-order valence-corrected chi connectivity index (χ0v) is 20.4. The van der Waals surface area contributed by atoms with E-state index in [-0.39, 0.29) is 0 Å². The van der Waals surface area contributed by atoms with Crippen molar-refractivity contribution in [2.75, 3.05) is 0 Å². The molecule has 0 aliphatic rings. The molecule has 7 rings (SSSR count). The van der Waals surface area contributed by atoms with Crippen LogP contribution in [0.25, 0.3) is 65.9 Å². The highest BCUT2D eigenvalue weighted by Crippen LogP contribution is 2.35. The molecular weight excluding hydrogens is 474 g/mol. The van der Waals surface area contributed by atoms with Gasteiger partial charge in [0.2, 0.25) is 0 Å². The van der Waals surface area contributed by atoms with E-state index in [1.165, 1.54) is 0 Å². The Balaban J connectivity index is 1.37. The molecule has 6 heteroatoms. The molecule has 0 spiro atoms. The third-order valence-corrected chi connectivity index (χ3v) is 7.26. The summed E-state index contributed by atoms with van der Waals surface area (Å²) in [6.07, 6.45) is 1.80. The van der Waals surface area contributed by atoms with Crippen LogP contribution in [-0.2, 0) is 0 Å². The van der Waals surface area contributed by atoms with Crippen LogP contribution in [0.1, 0.15) is 0 Å². The molecule has 37 heavy (non-hydrogen) atoms. The highest BCUT2D eigenvalue weighted by atomic mass is 32.1. The van der Waals surface area contributed by atoms with E-state index in [9.17, 15) is 0 Å². The largest absolute Gasteiger partial charge is 0.254 e. The fourth-order valence-electron chi connectivity index (χ4n) is 4.40. The van der Waals surface area contributed by atoms with E-state index in [1.54, 1.807) is 17.5 Å². The topological polar surface area (TPSA) is 64.5 Å². The summed E-state index contributed by atoms with van der Waals surface area (Å²) < 4.78 is 1.14. The van der Waals surface area contributed by atoms with Gasteiger partial charge in [-0.1, -0.05) is 84.9 Å². The van der Waals surface area contributed by atoms with Gasteiger partial charge in [-0.15, -0.1) is 11.3 Å². The van der Waals surface area contributed by atoms with Gasteiger partial charge in [0.25, 0.3) is 0 Å². The van der Waals surface area contributed by atoms with E-state index in [0.29, 0.717) is 17.5 Å². The molecule has 0 N–H and O–H groups in total. The van der Waals surface area contributed by atoms with Gasteiger partial charge in [-0.25, -0.2) is 19.9 Å². The number of rotatable bonds is 4. The van der Waals surface area contributed by atoms with Crippen molar-refractivity contribution >= 4 is 32.3 Å². The summed E-state index contributed by atoms with van der Waals surface area (Å²) in [5.74, 6) is 1.95. The van der Waals surface area contributed by atoms with Crippen LogP contribution >= 0.6 is 11.3 Å². The molecule has 174 valence electrons. The lowest BCUT2D eigenvalue weighted by molar-refractivity contribution is 1.07. The van der Waals surface area contributed by atoms with E-state index in [0.717, 1.165) is 48.4 Å². The quantitative estimate of drug-likeness (QED) is 0.251. The molecule has 0 saturated carbocycles. The standard InChI is InChI=1S/C31H19N5S/c1-3-9-20(10-4-1)28-34-29(21-11-5-2-6-12-21)36-30(35-28)23-14-16-24-22(19-23)15-17-26-27(24)33-31(37-26)25-13-7-8-18-32-25/h1-19H. The Morgan fingerprint density at radius 3 is 1.81 bits per heavy atom. The molecule has 3 heterocycles. The van der Waals surface area contributed by atoms with Crippen molar-refractivity contribution in [1.29, 1.82) is 0 Å². The van der Waals surface area contributed by atoms with Crippen molar-refractivity contribution in [3.05, 3.63) is 115 Å². The van der Waals surface area contributed by atoms with Gasteiger partial charge in [0.05, 0.1) is 15.9 Å². The molecule has 3 aromatic heterocycles. The number of benzene rings is 4. The summed E-state index contributed by atoms with van der Waals surface area (Å²) in [6.45, 7) is 0. The van der Waals surface area contributed by atoms with Gasteiger partial charge in [0.15, 0.2) is 17.5 Å². The Morgan fingerprint density at radius 2 is 1.16 bits per heavy atom.